The van der Waals surface area contributed by atoms with Crippen molar-refractivity contribution in [1.29, 1.82) is 0 Å². The maximum absolute atomic E-state index is 6.21. The second-order valence-corrected chi connectivity index (χ2v) is 6.18. The van der Waals surface area contributed by atoms with Crippen LogP contribution in [0.3, 0.4) is 0 Å². The van der Waals surface area contributed by atoms with E-state index in [2.05, 4.69) is 0 Å². The molecule has 0 unspecified atom stereocenters. The monoisotopic (exact) mass is 372 g/mol. The maximum atomic E-state index is 6.21. The molecule has 98 valence electrons. The van der Waals surface area contributed by atoms with Crippen LogP contribution in [0, 0.1) is 0 Å². The molecule has 0 amide bonds. The van der Waals surface area contributed by atoms with Gasteiger partial charge in [0.25, 0.3) is 0 Å². The molecule has 0 saturated carbocycles. The number of furan rings is 1. The Kier molecular flexibility index (Phi) is 3.50. The number of halogens is 6. The number of benzene rings is 2. The Morgan fingerprint density at radius 3 is 2.00 bits per heavy atom. The van der Waals surface area contributed by atoms with Crippen molar-refractivity contribution in [2.24, 2.45) is 0 Å². The molecule has 0 aliphatic carbocycles. The lowest BCUT2D eigenvalue weighted by Crippen LogP contribution is -1.78. The fraction of sp³-hybridized carbons (Fsp3) is 0. The quantitative estimate of drug-likeness (QED) is 0.293. The molecule has 2 aromatic carbocycles. The van der Waals surface area contributed by atoms with Gasteiger partial charge in [0, 0.05) is 10.4 Å². The molecular weight excluding hydrogens is 373 g/mol. The Morgan fingerprint density at radius 1 is 0.684 bits per heavy atom. The highest BCUT2D eigenvalue weighted by molar-refractivity contribution is 6.56. The molecule has 0 radical (unpaired) electrons. The summed E-state index contributed by atoms with van der Waals surface area (Å²) in [5, 5.41) is 2.74. The zero-order chi connectivity index (χ0) is 13.9. The van der Waals surface area contributed by atoms with Crippen LogP contribution >= 0.6 is 69.6 Å². The highest BCUT2D eigenvalue weighted by Gasteiger charge is 2.22. The summed E-state index contributed by atoms with van der Waals surface area (Å²) in [7, 11) is 0. The highest BCUT2D eigenvalue weighted by Crippen LogP contribution is 2.48. The molecule has 3 rings (SSSR count). The van der Waals surface area contributed by atoms with E-state index in [-0.39, 0.29) is 20.1 Å². The van der Waals surface area contributed by atoms with Gasteiger partial charge in [0.2, 0.25) is 0 Å². The number of hydrogen-bond donors (Lipinski definition) is 0. The molecule has 7 heteroatoms. The third-order valence-electron chi connectivity index (χ3n) is 2.71. The van der Waals surface area contributed by atoms with Crippen LogP contribution < -0.4 is 0 Å². The second-order valence-electron chi connectivity index (χ2n) is 3.83. The van der Waals surface area contributed by atoms with Gasteiger partial charge in [0.15, 0.2) is 11.2 Å². The van der Waals surface area contributed by atoms with Crippen LogP contribution in [-0.4, -0.2) is 0 Å². The molecule has 1 aromatic heterocycles. The van der Waals surface area contributed by atoms with Crippen LogP contribution in [0.15, 0.2) is 16.5 Å². The van der Waals surface area contributed by atoms with Crippen LogP contribution in [0.1, 0.15) is 0 Å². The van der Waals surface area contributed by atoms with Gasteiger partial charge in [0.05, 0.1) is 25.5 Å². The van der Waals surface area contributed by atoms with Crippen LogP contribution in [-0.2, 0) is 0 Å². The minimum Gasteiger partial charge on any atom is -0.453 e. The van der Waals surface area contributed by atoms with E-state index in [9.17, 15) is 0 Å². The molecule has 1 heterocycles. The average Bonchev–Trinajstić information content (AvgIpc) is 2.73. The largest absolute Gasteiger partial charge is 0.453 e. The number of fused-ring (bicyclic) bond motifs is 3. The first-order valence-corrected chi connectivity index (χ1v) is 7.21. The van der Waals surface area contributed by atoms with Gasteiger partial charge in [-0.3, -0.25) is 0 Å². The molecule has 1 nitrogen and oxygen atoms in total. The zero-order valence-corrected chi connectivity index (χ0v) is 13.4. The van der Waals surface area contributed by atoms with Crippen molar-refractivity contribution in [2.75, 3.05) is 0 Å². The summed E-state index contributed by atoms with van der Waals surface area (Å²) in [6.07, 6.45) is 0. The fourth-order valence-corrected chi connectivity index (χ4v) is 3.41. The summed E-state index contributed by atoms with van der Waals surface area (Å²) >= 11 is 36.4. The molecule has 0 bridgehead atoms. The fourth-order valence-electron chi connectivity index (χ4n) is 1.90. The molecule has 0 fully saturated rings. The number of hydrogen-bond acceptors (Lipinski definition) is 1. The molecule has 0 atom stereocenters. The summed E-state index contributed by atoms with van der Waals surface area (Å²) < 4.78 is 5.64. The van der Waals surface area contributed by atoms with Crippen molar-refractivity contribution in [2.45, 2.75) is 0 Å². The van der Waals surface area contributed by atoms with E-state index in [1.54, 1.807) is 12.1 Å². The minimum atomic E-state index is 0.141. The normalized spacial score (nSPS) is 11.7. The standard InChI is InChI=1S/C12H2Cl6O/c13-3-1-4-6-7(15)8(16)9(17)10(18)12(6)19-11(4)5(14)2-3/h1-2H. The maximum Gasteiger partial charge on any atom is 0.157 e. The molecule has 19 heavy (non-hydrogen) atoms. The summed E-state index contributed by atoms with van der Waals surface area (Å²) in [5.41, 5.74) is 0.767. The lowest BCUT2D eigenvalue weighted by atomic mass is 10.1. The Bertz CT molecular complexity index is 836. The Hall–Kier alpha value is -0.0200. The van der Waals surface area contributed by atoms with Gasteiger partial charge in [-0.1, -0.05) is 69.6 Å². The topological polar surface area (TPSA) is 13.1 Å². The molecule has 0 aliphatic heterocycles. The van der Waals surface area contributed by atoms with E-state index in [4.69, 9.17) is 74.0 Å². The smallest absolute Gasteiger partial charge is 0.157 e. The van der Waals surface area contributed by atoms with Gasteiger partial charge in [0.1, 0.15) is 5.02 Å². The van der Waals surface area contributed by atoms with Crippen molar-refractivity contribution in [3.63, 3.8) is 0 Å². The summed E-state index contributed by atoms with van der Waals surface area (Å²) in [6.45, 7) is 0. The first kappa shape index (κ1) is 13.9. The summed E-state index contributed by atoms with van der Waals surface area (Å²) in [6, 6.07) is 3.25. The predicted octanol–water partition coefficient (Wildman–Crippen LogP) is 7.51. The van der Waals surface area contributed by atoms with Gasteiger partial charge in [-0.25, -0.2) is 0 Å². The average molecular weight is 375 g/mol. The van der Waals surface area contributed by atoms with E-state index >= 15 is 0 Å². The van der Waals surface area contributed by atoms with Crippen molar-refractivity contribution < 1.29 is 4.42 Å². The lowest BCUT2D eigenvalue weighted by molar-refractivity contribution is 0.669. The Labute approximate surface area is 137 Å². The van der Waals surface area contributed by atoms with Crippen LogP contribution in [0.25, 0.3) is 21.9 Å². The molecule has 0 aliphatic rings. The number of rotatable bonds is 0. The molecule has 0 N–H and O–H groups in total. The molecule has 3 aromatic rings. The minimum absolute atomic E-state index is 0.141. The van der Waals surface area contributed by atoms with Crippen LogP contribution in [0.4, 0.5) is 0 Å². The third-order valence-corrected chi connectivity index (χ3v) is 4.99. The van der Waals surface area contributed by atoms with E-state index in [1.807, 2.05) is 0 Å². The van der Waals surface area contributed by atoms with E-state index in [0.717, 1.165) is 0 Å². The van der Waals surface area contributed by atoms with Crippen LogP contribution in [0.5, 0.6) is 0 Å². The van der Waals surface area contributed by atoms with Gasteiger partial charge in [-0.05, 0) is 12.1 Å². The van der Waals surface area contributed by atoms with Gasteiger partial charge in [-0.2, -0.15) is 0 Å². The van der Waals surface area contributed by atoms with Gasteiger partial charge in [-0.15, -0.1) is 0 Å². The van der Waals surface area contributed by atoms with E-state index < -0.39 is 0 Å². The van der Waals surface area contributed by atoms with E-state index in [0.29, 0.717) is 32.0 Å². The molecular formula is C12H2Cl6O. The predicted molar refractivity (Wildman–Crippen MR) is 83.8 cm³/mol. The van der Waals surface area contributed by atoms with Crippen molar-refractivity contribution in [3.8, 4) is 0 Å². The lowest BCUT2D eigenvalue weighted by Gasteiger charge is -2.03. The SMILES string of the molecule is Clc1cc(Cl)c2oc3c(Cl)c(Cl)c(Cl)c(Cl)c3c2c1. The first-order valence-electron chi connectivity index (χ1n) is 4.95. The molecule has 0 saturated heterocycles. The van der Waals surface area contributed by atoms with Crippen molar-refractivity contribution in [3.05, 3.63) is 42.3 Å². The van der Waals surface area contributed by atoms with Gasteiger partial charge >= 0.3 is 0 Å². The summed E-state index contributed by atoms with van der Waals surface area (Å²) in [4.78, 5) is 0. The Balaban J connectivity index is 2.67. The molecule has 0 spiro atoms. The van der Waals surface area contributed by atoms with E-state index in [1.165, 1.54) is 0 Å². The van der Waals surface area contributed by atoms with Crippen molar-refractivity contribution >= 4 is 91.5 Å². The third kappa shape index (κ3) is 1.99. The zero-order valence-electron chi connectivity index (χ0n) is 8.83. The Morgan fingerprint density at radius 2 is 1.32 bits per heavy atom. The van der Waals surface area contributed by atoms with Crippen LogP contribution in [0.2, 0.25) is 30.1 Å². The highest BCUT2D eigenvalue weighted by atomic mass is 35.5. The van der Waals surface area contributed by atoms with Gasteiger partial charge < -0.3 is 4.42 Å². The summed E-state index contributed by atoms with van der Waals surface area (Å²) in [5.74, 6) is 0. The van der Waals surface area contributed by atoms with Crippen molar-refractivity contribution in [1.82, 2.24) is 0 Å². The first-order chi connectivity index (χ1) is 8.91. The second kappa shape index (κ2) is 4.77.